The summed E-state index contributed by atoms with van der Waals surface area (Å²) in [6.07, 6.45) is 6.55. The molecule has 176 valence electrons. The Morgan fingerprint density at radius 2 is 1.74 bits per heavy atom. The lowest BCUT2D eigenvalue weighted by Crippen LogP contribution is -2.08. The van der Waals surface area contributed by atoms with E-state index in [4.69, 9.17) is 14.4 Å². The summed E-state index contributed by atoms with van der Waals surface area (Å²) in [7, 11) is 0. The summed E-state index contributed by atoms with van der Waals surface area (Å²) in [5.74, 6) is 1.02. The largest absolute Gasteiger partial charge is 0.493 e. The molecule has 0 aliphatic heterocycles. The SMILES string of the molecule is CC.CC.CCOc1cc2c(c3c1c(CCO)c(CC)n3CC)CCCC2.O=CN=O. The molecule has 0 radical (unpaired) electrons. The predicted molar refractivity (Wildman–Crippen MR) is 130 cm³/mol. The molecular formula is C25H42N2O4. The first kappa shape index (κ1) is 28.8. The second-order valence-corrected chi connectivity index (χ2v) is 6.58. The number of hydrogen-bond donors (Lipinski definition) is 1. The van der Waals surface area contributed by atoms with Crippen LogP contribution >= 0.6 is 0 Å². The number of hydrogen-bond acceptors (Lipinski definition) is 4. The van der Waals surface area contributed by atoms with E-state index in [0.717, 1.165) is 25.1 Å². The van der Waals surface area contributed by atoms with E-state index in [9.17, 15) is 5.11 Å². The fraction of sp³-hybridized carbons (Fsp3) is 0.640. The number of carbonyl (C=O) groups excluding carboxylic acids is 1. The zero-order valence-electron chi connectivity index (χ0n) is 20.6. The maximum absolute atomic E-state index is 9.59. The van der Waals surface area contributed by atoms with Gasteiger partial charge in [0.15, 0.2) is 0 Å². The molecule has 0 saturated heterocycles. The van der Waals surface area contributed by atoms with Gasteiger partial charge in [-0.25, -0.2) is 0 Å². The molecule has 0 atom stereocenters. The molecule has 1 aromatic heterocycles. The highest BCUT2D eigenvalue weighted by Gasteiger charge is 2.24. The Kier molecular flexibility index (Phi) is 15.3. The first-order valence-corrected chi connectivity index (χ1v) is 11.9. The smallest absolute Gasteiger partial charge is 0.274 e. The van der Waals surface area contributed by atoms with Crippen LogP contribution in [0.3, 0.4) is 0 Å². The third kappa shape index (κ3) is 6.89. The van der Waals surface area contributed by atoms with Crippen molar-refractivity contribution < 1.29 is 14.6 Å². The first-order valence-electron chi connectivity index (χ1n) is 11.9. The minimum atomic E-state index is -0.0556. The Balaban J connectivity index is 0.000000992. The van der Waals surface area contributed by atoms with E-state index < -0.39 is 0 Å². The molecule has 0 fully saturated rings. The summed E-state index contributed by atoms with van der Waals surface area (Å²) >= 11 is 0. The third-order valence-electron chi connectivity index (χ3n) is 5.19. The first-order chi connectivity index (χ1) is 15.2. The molecule has 6 nitrogen and oxygen atoms in total. The summed E-state index contributed by atoms with van der Waals surface area (Å²) in [6, 6.07) is 2.28. The maximum atomic E-state index is 9.59. The normalized spacial score (nSPS) is 11.6. The topological polar surface area (TPSA) is 80.9 Å². The summed E-state index contributed by atoms with van der Waals surface area (Å²) in [5, 5.41) is 12.7. The van der Waals surface area contributed by atoms with Crippen LogP contribution in [0.5, 0.6) is 5.75 Å². The van der Waals surface area contributed by atoms with Crippen LogP contribution < -0.4 is 4.74 Å². The van der Waals surface area contributed by atoms with Gasteiger partial charge < -0.3 is 14.4 Å². The number of carbonyl (C=O) groups is 1. The molecule has 31 heavy (non-hydrogen) atoms. The second kappa shape index (κ2) is 16.5. The van der Waals surface area contributed by atoms with E-state index in [1.807, 2.05) is 27.7 Å². The molecule has 0 bridgehead atoms. The maximum Gasteiger partial charge on any atom is 0.274 e. The van der Waals surface area contributed by atoms with E-state index in [2.05, 4.69) is 31.4 Å². The van der Waals surface area contributed by atoms with Crippen LogP contribution in [0, 0.1) is 4.91 Å². The van der Waals surface area contributed by atoms with Crippen LogP contribution in [0.4, 0.5) is 0 Å². The van der Waals surface area contributed by atoms with Crippen LogP contribution in [-0.4, -0.2) is 29.3 Å². The van der Waals surface area contributed by atoms with Gasteiger partial charge in [0, 0.05) is 29.4 Å². The molecule has 0 saturated carbocycles. The Labute approximate surface area is 188 Å². The van der Waals surface area contributed by atoms with Gasteiger partial charge >= 0.3 is 0 Å². The lowest BCUT2D eigenvalue weighted by molar-refractivity contribution is -0.106. The van der Waals surface area contributed by atoms with Crippen LogP contribution in [0.25, 0.3) is 10.9 Å². The summed E-state index contributed by atoms with van der Waals surface area (Å²) in [5.41, 5.74) is 7.04. The summed E-state index contributed by atoms with van der Waals surface area (Å²) in [6.45, 7) is 16.4. The van der Waals surface area contributed by atoms with E-state index >= 15 is 0 Å². The van der Waals surface area contributed by atoms with Crippen molar-refractivity contribution in [3.05, 3.63) is 33.4 Å². The molecule has 1 aromatic carbocycles. The van der Waals surface area contributed by atoms with Gasteiger partial charge in [0.1, 0.15) is 5.75 Å². The average Bonchev–Trinajstić information content (AvgIpc) is 3.16. The molecule has 1 N–H and O–H groups in total. The van der Waals surface area contributed by atoms with Crippen molar-refractivity contribution in [2.24, 2.45) is 5.18 Å². The van der Waals surface area contributed by atoms with Gasteiger partial charge in [-0.1, -0.05) is 34.6 Å². The predicted octanol–water partition coefficient (Wildman–Crippen LogP) is 6.00. The number of aryl methyl sites for hydroxylation is 3. The molecule has 3 rings (SSSR count). The van der Waals surface area contributed by atoms with Crippen molar-refractivity contribution in [3.63, 3.8) is 0 Å². The van der Waals surface area contributed by atoms with E-state index in [-0.39, 0.29) is 13.0 Å². The molecule has 1 amide bonds. The highest BCUT2D eigenvalue weighted by molar-refractivity contribution is 5.95. The van der Waals surface area contributed by atoms with E-state index in [1.54, 1.807) is 5.18 Å². The second-order valence-electron chi connectivity index (χ2n) is 6.58. The molecule has 0 unspecified atom stereocenters. The number of nitrogens with zero attached hydrogens (tertiary/aromatic N) is 2. The Morgan fingerprint density at radius 1 is 1.13 bits per heavy atom. The highest BCUT2D eigenvalue weighted by atomic mass is 16.5. The van der Waals surface area contributed by atoms with Gasteiger partial charge in [-0.05, 0) is 75.1 Å². The highest BCUT2D eigenvalue weighted by Crippen LogP contribution is 2.41. The van der Waals surface area contributed by atoms with Gasteiger partial charge in [0.25, 0.3) is 6.41 Å². The average molecular weight is 435 g/mol. The zero-order chi connectivity index (χ0) is 23.8. The van der Waals surface area contributed by atoms with Crippen LogP contribution in [-0.2, 0) is 37.0 Å². The number of nitroso groups, excluding NO2 is 1. The standard InChI is InChI=1S/C20H29NO2.2C2H6.CHNO2/c1-4-17-16(11-12-22)19-18(23-6-3)13-14-9-7-8-10-15(14)20(19)21(17)5-2;2*1-2;3-1-2-4/h13,22H,4-12H2,1-3H3;2*1-2H3;1H. The lowest BCUT2D eigenvalue weighted by atomic mass is 9.89. The number of aliphatic hydroxyl groups is 1. The van der Waals surface area contributed by atoms with Gasteiger partial charge in [-0.2, -0.15) is 0 Å². The number of aromatic nitrogens is 1. The molecule has 1 heterocycles. The van der Waals surface area contributed by atoms with Gasteiger partial charge in [-0.15, -0.1) is 4.91 Å². The number of benzene rings is 1. The monoisotopic (exact) mass is 434 g/mol. The Hall–Kier alpha value is -2.21. The quantitative estimate of drug-likeness (QED) is 0.428. The van der Waals surface area contributed by atoms with Gasteiger partial charge in [-0.3, -0.25) is 4.79 Å². The fourth-order valence-corrected chi connectivity index (χ4v) is 4.29. The molecular weight excluding hydrogens is 392 g/mol. The number of fused-ring (bicyclic) bond motifs is 3. The lowest BCUT2D eigenvalue weighted by Gasteiger charge is -2.20. The van der Waals surface area contributed by atoms with Crippen molar-refractivity contribution in [2.45, 2.75) is 93.5 Å². The molecule has 6 heteroatoms. The van der Waals surface area contributed by atoms with Crippen molar-refractivity contribution >= 4 is 17.3 Å². The van der Waals surface area contributed by atoms with Crippen molar-refractivity contribution in [1.82, 2.24) is 4.57 Å². The van der Waals surface area contributed by atoms with Crippen molar-refractivity contribution in [3.8, 4) is 5.75 Å². The number of aliphatic hydroxyl groups excluding tert-OH is 1. The summed E-state index contributed by atoms with van der Waals surface area (Å²) < 4.78 is 8.51. The molecule has 0 spiro atoms. The Bertz CT molecular complexity index is 791. The fourth-order valence-electron chi connectivity index (χ4n) is 4.29. The van der Waals surface area contributed by atoms with E-state index in [0.29, 0.717) is 13.0 Å². The van der Waals surface area contributed by atoms with Crippen molar-refractivity contribution in [2.75, 3.05) is 13.2 Å². The van der Waals surface area contributed by atoms with Crippen molar-refractivity contribution in [1.29, 1.82) is 0 Å². The minimum absolute atomic E-state index is 0.0556. The Morgan fingerprint density at radius 3 is 2.23 bits per heavy atom. The number of ether oxygens (including phenoxy) is 1. The van der Waals surface area contributed by atoms with Crippen LogP contribution in [0.1, 0.15) is 83.7 Å². The van der Waals surface area contributed by atoms with E-state index in [1.165, 1.54) is 52.5 Å². The van der Waals surface area contributed by atoms with Gasteiger partial charge in [0.05, 0.1) is 12.1 Å². The third-order valence-corrected chi connectivity index (χ3v) is 5.19. The number of amides is 1. The van der Waals surface area contributed by atoms with Gasteiger partial charge in [0.2, 0.25) is 0 Å². The van der Waals surface area contributed by atoms with Crippen LogP contribution in [0.2, 0.25) is 0 Å². The molecule has 1 aliphatic carbocycles. The zero-order valence-corrected chi connectivity index (χ0v) is 20.6. The summed E-state index contributed by atoms with van der Waals surface area (Å²) in [4.78, 5) is 17.2. The molecule has 1 aliphatic rings. The van der Waals surface area contributed by atoms with Crippen LogP contribution in [0.15, 0.2) is 11.2 Å². The number of rotatable bonds is 7. The molecule has 2 aromatic rings. The minimum Gasteiger partial charge on any atom is -0.493 e.